The van der Waals surface area contributed by atoms with E-state index in [1.165, 1.54) is 12.1 Å². The number of anilines is 3. The number of carbonyl (C=O) groups is 1. The average Bonchev–Trinajstić information content (AvgIpc) is 2.74. The monoisotopic (exact) mass is 394 g/mol. The fourth-order valence-corrected chi connectivity index (χ4v) is 3.81. The second-order valence-electron chi connectivity index (χ2n) is 6.30. The molecule has 3 aromatic rings. The molecule has 0 unspecified atom stereocenters. The van der Waals surface area contributed by atoms with E-state index in [9.17, 15) is 13.2 Å². The summed E-state index contributed by atoms with van der Waals surface area (Å²) in [5, 5.41) is 2.81. The molecule has 1 amide bonds. The fraction of sp³-hybridized carbons (Fsp3) is 0.136. The molecule has 0 aromatic heterocycles. The highest BCUT2D eigenvalue weighted by molar-refractivity contribution is 7.91. The maximum atomic E-state index is 12.9. The smallest absolute Gasteiger partial charge is 0.257 e. The lowest BCUT2D eigenvalue weighted by molar-refractivity contribution is 0.102. The lowest BCUT2D eigenvalue weighted by Crippen LogP contribution is -2.18. The molecule has 0 bridgehead atoms. The summed E-state index contributed by atoms with van der Waals surface area (Å²) in [5.41, 5.74) is 2.65. The summed E-state index contributed by atoms with van der Waals surface area (Å²) >= 11 is 0. The zero-order valence-corrected chi connectivity index (χ0v) is 16.6. The van der Waals surface area contributed by atoms with Crippen LogP contribution in [0.2, 0.25) is 0 Å². The van der Waals surface area contributed by atoms with Gasteiger partial charge >= 0.3 is 0 Å². The maximum Gasteiger partial charge on any atom is 0.257 e. The minimum atomic E-state index is -3.34. The van der Waals surface area contributed by atoms with Gasteiger partial charge in [0.15, 0.2) is 9.84 Å². The van der Waals surface area contributed by atoms with Crippen LogP contribution in [-0.2, 0) is 9.84 Å². The van der Waals surface area contributed by atoms with Crippen LogP contribution in [0.1, 0.15) is 17.3 Å². The van der Waals surface area contributed by atoms with Crippen LogP contribution in [0.3, 0.4) is 0 Å². The molecule has 3 rings (SSSR count). The Morgan fingerprint density at radius 3 is 2.32 bits per heavy atom. The third kappa shape index (κ3) is 4.23. The van der Waals surface area contributed by atoms with Crippen LogP contribution >= 0.6 is 0 Å². The summed E-state index contributed by atoms with van der Waals surface area (Å²) in [6.07, 6.45) is 0. The second kappa shape index (κ2) is 8.27. The van der Waals surface area contributed by atoms with E-state index in [-0.39, 0.29) is 16.6 Å². The molecule has 3 aromatic carbocycles. The number of carbonyl (C=O) groups excluding carboxylic acids is 1. The van der Waals surface area contributed by atoms with Gasteiger partial charge in [-0.25, -0.2) is 8.42 Å². The van der Waals surface area contributed by atoms with E-state index in [1.807, 2.05) is 54.4 Å². The van der Waals surface area contributed by atoms with Crippen molar-refractivity contribution in [3.05, 3.63) is 84.4 Å². The van der Waals surface area contributed by atoms with E-state index in [2.05, 4.69) is 5.32 Å². The number of nitrogens with one attached hydrogen (secondary N) is 1. The van der Waals surface area contributed by atoms with Crippen LogP contribution in [0, 0.1) is 0 Å². The number of amides is 1. The van der Waals surface area contributed by atoms with Crippen molar-refractivity contribution in [2.45, 2.75) is 11.8 Å². The first-order chi connectivity index (χ1) is 13.4. The van der Waals surface area contributed by atoms with E-state index in [4.69, 9.17) is 0 Å². The molecule has 0 aliphatic carbocycles. The van der Waals surface area contributed by atoms with E-state index >= 15 is 0 Å². The molecule has 1 N–H and O–H groups in total. The number of benzene rings is 3. The number of para-hydroxylation sites is 2. The van der Waals surface area contributed by atoms with Crippen molar-refractivity contribution in [2.24, 2.45) is 0 Å². The quantitative estimate of drug-likeness (QED) is 0.668. The number of nitrogens with zero attached hydrogens (tertiary/aromatic N) is 1. The maximum absolute atomic E-state index is 12.9. The summed E-state index contributed by atoms with van der Waals surface area (Å²) in [5.74, 6) is -0.292. The molecule has 28 heavy (non-hydrogen) atoms. The van der Waals surface area contributed by atoms with Crippen molar-refractivity contribution in [1.29, 1.82) is 0 Å². The van der Waals surface area contributed by atoms with Gasteiger partial charge in [0.25, 0.3) is 5.91 Å². The molecule has 0 spiro atoms. The summed E-state index contributed by atoms with van der Waals surface area (Å²) in [6.45, 7) is 1.59. The van der Waals surface area contributed by atoms with Gasteiger partial charge in [-0.15, -0.1) is 0 Å². The van der Waals surface area contributed by atoms with Gasteiger partial charge < -0.3 is 10.2 Å². The number of rotatable bonds is 6. The van der Waals surface area contributed by atoms with Gasteiger partial charge in [0.05, 0.1) is 21.9 Å². The minimum Gasteiger partial charge on any atom is -0.344 e. The van der Waals surface area contributed by atoms with Crippen LogP contribution in [0.5, 0.6) is 0 Å². The first kappa shape index (κ1) is 19.6. The minimum absolute atomic E-state index is 0.00903. The Morgan fingerprint density at radius 1 is 0.929 bits per heavy atom. The highest BCUT2D eigenvalue weighted by atomic mass is 32.2. The van der Waals surface area contributed by atoms with Gasteiger partial charge in [-0.3, -0.25) is 4.79 Å². The molecular weight excluding hydrogens is 372 g/mol. The molecule has 5 nitrogen and oxygen atoms in total. The highest BCUT2D eigenvalue weighted by Crippen LogP contribution is 2.27. The van der Waals surface area contributed by atoms with Gasteiger partial charge in [0.2, 0.25) is 0 Å². The van der Waals surface area contributed by atoms with Crippen LogP contribution in [0.4, 0.5) is 17.1 Å². The Morgan fingerprint density at radius 2 is 1.61 bits per heavy atom. The number of sulfone groups is 1. The average molecular weight is 394 g/mol. The lowest BCUT2D eigenvalue weighted by atomic mass is 10.1. The van der Waals surface area contributed by atoms with Crippen molar-refractivity contribution in [3.8, 4) is 0 Å². The largest absolute Gasteiger partial charge is 0.344 e. The topological polar surface area (TPSA) is 66.5 Å². The third-order valence-corrected chi connectivity index (χ3v) is 6.22. The van der Waals surface area contributed by atoms with E-state index in [0.717, 1.165) is 11.4 Å². The molecule has 0 atom stereocenters. The molecule has 0 radical (unpaired) electrons. The highest BCUT2D eigenvalue weighted by Gasteiger charge is 2.17. The van der Waals surface area contributed by atoms with Crippen LogP contribution in [0.25, 0.3) is 0 Å². The summed E-state index contributed by atoms with van der Waals surface area (Å²) < 4.78 is 24.2. The van der Waals surface area contributed by atoms with Crippen molar-refractivity contribution >= 4 is 32.8 Å². The summed E-state index contributed by atoms with van der Waals surface area (Å²) in [4.78, 5) is 15.0. The Kier molecular flexibility index (Phi) is 5.80. The predicted molar refractivity (Wildman–Crippen MR) is 113 cm³/mol. The Labute approximate surface area is 165 Å². The fourth-order valence-electron chi connectivity index (χ4n) is 2.88. The van der Waals surface area contributed by atoms with Gasteiger partial charge in [0, 0.05) is 18.4 Å². The van der Waals surface area contributed by atoms with Gasteiger partial charge in [-0.2, -0.15) is 0 Å². The molecular formula is C22H22N2O3S. The zero-order valence-electron chi connectivity index (χ0n) is 15.8. The molecule has 0 fully saturated rings. The van der Waals surface area contributed by atoms with Gasteiger partial charge in [-0.05, 0) is 42.5 Å². The Balaban J connectivity index is 1.90. The van der Waals surface area contributed by atoms with Gasteiger partial charge in [-0.1, -0.05) is 43.3 Å². The van der Waals surface area contributed by atoms with E-state index in [0.29, 0.717) is 11.3 Å². The first-order valence-electron chi connectivity index (χ1n) is 8.94. The predicted octanol–water partition coefficient (Wildman–Crippen LogP) is 4.50. The second-order valence-corrected chi connectivity index (χ2v) is 8.58. The number of hydrogen-bond donors (Lipinski definition) is 1. The molecule has 0 aliphatic rings. The number of hydrogen-bond acceptors (Lipinski definition) is 4. The third-order valence-electron chi connectivity index (χ3n) is 4.48. The molecule has 6 heteroatoms. The summed E-state index contributed by atoms with van der Waals surface area (Å²) in [6, 6.07) is 23.4. The standard InChI is InChI=1S/C22H22N2O3S/c1-3-28(26,27)19-13-9-10-17(16-19)23-22(25)20-14-7-8-15-21(20)24(2)18-11-5-4-6-12-18/h4-16H,3H2,1-2H3,(H,23,25). The van der Waals surface area contributed by atoms with Crippen LogP contribution < -0.4 is 10.2 Å². The van der Waals surface area contributed by atoms with Crippen molar-refractivity contribution in [3.63, 3.8) is 0 Å². The van der Waals surface area contributed by atoms with E-state index < -0.39 is 9.84 Å². The zero-order chi connectivity index (χ0) is 20.1. The molecule has 0 aliphatic heterocycles. The Hall–Kier alpha value is -3.12. The molecule has 0 saturated carbocycles. The molecule has 0 saturated heterocycles. The normalized spacial score (nSPS) is 11.1. The van der Waals surface area contributed by atoms with Crippen molar-refractivity contribution in [2.75, 3.05) is 23.0 Å². The Bertz CT molecular complexity index is 1080. The first-order valence-corrected chi connectivity index (χ1v) is 10.6. The van der Waals surface area contributed by atoms with Crippen LogP contribution in [0.15, 0.2) is 83.8 Å². The van der Waals surface area contributed by atoms with Crippen molar-refractivity contribution < 1.29 is 13.2 Å². The lowest BCUT2D eigenvalue weighted by Gasteiger charge is -2.22. The summed E-state index contributed by atoms with van der Waals surface area (Å²) in [7, 11) is -1.44. The molecule has 0 heterocycles. The van der Waals surface area contributed by atoms with Gasteiger partial charge in [0.1, 0.15) is 0 Å². The molecule has 144 valence electrons. The van der Waals surface area contributed by atoms with Crippen molar-refractivity contribution in [1.82, 2.24) is 0 Å². The SMILES string of the molecule is CCS(=O)(=O)c1cccc(NC(=O)c2ccccc2N(C)c2ccccc2)c1. The van der Waals surface area contributed by atoms with Crippen LogP contribution in [-0.4, -0.2) is 27.1 Å². The van der Waals surface area contributed by atoms with E-state index in [1.54, 1.807) is 31.2 Å².